The maximum Gasteiger partial charge on any atom is 0.338 e. The first-order valence-corrected chi connectivity index (χ1v) is 9.59. The van der Waals surface area contributed by atoms with Gasteiger partial charge in [-0.25, -0.2) is 14.0 Å². The summed E-state index contributed by atoms with van der Waals surface area (Å²) in [5.41, 5.74) is 0.432. The van der Waals surface area contributed by atoms with E-state index in [1.807, 2.05) is 0 Å². The highest BCUT2D eigenvalue weighted by Gasteiger charge is 2.49. The van der Waals surface area contributed by atoms with E-state index in [1.54, 1.807) is 36.4 Å². The zero-order valence-electron chi connectivity index (χ0n) is 16.6. The van der Waals surface area contributed by atoms with Gasteiger partial charge in [-0.2, -0.15) is 0 Å². The van der Waals surface area contributed by atoms with Gasteiger partial charge in [0.1, 0.15) is 18.8 Å². The molecule has 2 aromatic carbocycles. The Morgan fingerprint density at radius 3 is 2.10 bits per heavy atom. The molecule has 1 aliphatic heterocycles. The molecule has 3 rings (SSSR count). The first-order valence-electron chi connectivity index (χ1n) is 9.59. The highest BCUT2D eigenvalue weighted by Crippen LogP contribution is 2.26. The van der Waals surface area contributed by atoms with Crippen molar-refractivity contribution < 1.29 is 38.1 Å². The lowest BCUT2D eigenvalue weighted by atomic mass is 9.97. The van der Waals surface area contributed by atoms with Crippen LogP contribution in [-0.4, -0.2) is 60.3 Å². The second-order valence-electron chi connectivity index (χ2n) is 6.94. The van der Waals surface area contributed by atoms with Crippen LogP contribution in [0, 0.1) is 0 Å². The molecule has 2 N–H and O–H groups in total. The number of aliphatic hydroxyl groups is 1. The summed E-state index contributed by atoms with van der Waals surface area (Å²) < 4.78 is 30.9. The molecule has 31 heavy (non-hydrogen) atoms. The fourth-order valence-corrected chi connectivity index (χ4v) is 3.15. The van der Waals surface area contributed by atoms with E-state index in [2.05, 4.69) is 5.32 Å². The van der Waals surface area contributed by atoms with Crippen LogP contribution in [0.1, 0.15) is 27.6 Å². The summed E-state index contributed by atoms with van der Waals surface area (Å²) in [4.78, 5) is 36.1. The van der Waals surface area contributed by atoms with Crippen molar-refractivity contribution in [1.29, 1.82) is 0 Å². The van der Waals surface area contributed by atoms with Crippen LogP contribution in [0.5, 0.6) is 0 Å². The number of aliphatic hydroxyl groups excluding tert-OH is 1. The Morgan fingerprint density at radius 1 is 1.00 bits per heavy atom. The number of ether oxygens (including phenoxy) is 3. The van der Waals surface area contributed by atoms with E-state index in [-0.39, 0.29) is 11.1 Å². The molecule has 9 heteroatoms. The van der Waals surface area contributed by atoms with E-state index < -0.39 is 55.2 Å². The number of alkyl halides is 1. The standard InChI is InChI=1S/C22H22FNO7/c1-13(25)24-18-19(31-21(27)15-10-6-3-7-11-15)17(23)16(30-22(18)28)12-29-20(26)14-8-4-2-5-9-14/h2-11,16-19,22,28H,12H2,1H3,(H,24,25). The van der Waals surface area contributed by atoms with Crippen molar-refractivity contribution in [2.24, 2.45) is 0 Å². The van der Waals surface area contributed by atoms with Crippen LogP contribution in [-0.2, 0) is 19.0 Å². The highest BCUT2D eigenvalue weighted by atomic mass is 19.1. The van der Waals surface area contributed by atoms with Gasteiger partial charge in [0.05, 0.1) is 11.1 Å². The maximum atomic E-state index is 15.3. The van der Waals surface area contributed by atoms with Gasteiger partial charge in [0.15, 0.2) is 18.6 Å². The van der Waals surface area contributed by atoms with Crippen molar-refractivity contribution in [2.45, 2.75) is 37.6 Å². The molecular formula is C22H22FNO7. The average Bonchev–Trinajstić information content (AvgIpc) is 2.78. The minimum absolute atomic E-state index is 0.171. The first kappa shape index (κ1) is 22.4. The number of esters is 2. The topological polar surface area (TPSA) is 111 Å². The van der Waals surface area contributed by atoms with Crippen molar-refractivity contribution in [3.8, 4) is 0 Å². The monoisotopic (exact) mass is 431 g/mol. The van der Waals surface area contributed by atoms with E-state index in [0.29, 0.717) is 0 Å². The lowest BCUT2D eigenvalue weighted by Gasteiger charge is -2.41. The zero-order chi connectivity index (χ0) is 22.4. The third-order valence-electron chi connectivity index (χ3n) is 4.66. The predicted molar refractivity (Wildman–Crippen MR) is 106 cm³/mol. The molecule has 0 bridgehead atoms. The van der Waals surface area contributed by atoms with Gasteiger partial charge in [-0.1, -0.05) is 36.4 Å². The summed E-state index contributed by atoms with van der Waals surface area (Å²) >= 11 is 0. The number of nitrogens with one attached hydrogen (secondary N) is 1. The van der Waals surface area contributed by atoms with Crippen LogP contribution >= 0.6 is 0 Å². The van der Waals surface area contributed by atoms with Crippen LogP contribution < -0.4 is 5.32 Å². The van der Waals surface area contributed by atoms with Crippen LogP contribution in [0.25, 0.3) is 0 Å². The summed E-state index contributed by atoms with van der Waals surface area (Å²) in [6.07, 6.45) is -6.66. The minimum Gasteiger partial charge on any atom is -0.459 e. The first-order chi connectivity index (χ1) is 14.9. The van der Waals surface area contributed by atoms with Gasteiger partial charge >= 0.3 is 11.9 Å². The molecule has 1 saturated heterocycles. The molecule has 1 aliphatic rings. The molecule has 1 fully saturated rings. The number of halogens is 1. The molecule has 0 aliphatic carbocycles. The Morgan fingerprint density at radius 2 is 1.55 bits per heavy atom. The number of carbonyl (C=O) groups excluding carboxylic acids is 3. The van der Waals surface area contributed by atoms with Crippen molar-refractivity contribution in [2.75, 3.05) is 6.61 Å². The van der Waals surface area contributed by atoms with Crippen molar-refractivity contribution in [3.05, 3.63) is 71.8 Å². The third kappa shape index (κ3) is 5.65. The Bertz CT molecular complexity index is 909. The summed E-state index contributed by atoms with van der Waals surface area (Å²) in [6.45, 7) is 0.641. The molecule has 1 heterocycles. The van der Waals surface area contributed by atoms with Gasteiger partial charge < -0.3 is 24.6 Å². The smallest absolute Gasteiger partial charge is 0.338 e. The van der Waals surface area contributed by atoms with Gasteiger partial charge in [-0.15, -0.1) is 0 Å². The largest absolute Gasteiger partial charge is 0.459 e. The van der Waals surface area contributed by atoms with Crippen LogP contribution in [0.2, 0.25) is 0 Å². The summed E-state index contributed by atoms with van der Waals surface area (Å²) in [6, 6.07) is 14.6. The molecule has 5 unspecified atom stereocenters. The fraction of sp³-hybridized carbons (Fsp3) is 0.318. The van der Waals surface area contributed by atoms with Crippen LogP contribution in [0.3, 0.4) is 0 Å². The number of rotatable bonds is 6. The Hall–Kier alpha value is -3.30. The molecule has 0 saturated carbocycles. The van der Waals surface area contributed by atoms with Gasteiger partial charge in [0.25, 0.3) is 0 Å². The molecule has 8 nitrogen and oxygen atoms in total. The number of amides is 1. The number of hydrogen-bond donors (Lipinski definition) is 2. The van der Waals surface area contributed by atoms with Gasteiger partial charge in [0, 0.05) is 6.92 Å². The molecular weight excluding hydrogens is 409 g/mol. The summed E-state index contributed by atoms with van der Waals surface area (Å²) in [5.74, 6) is -2.11. The Balaban J connectivity index is 1.73. The Labute approximate surface area is 177 Å². The quantitative estimate of drug-likeness (QED) is 0.669. The molecule has 164 valence electrons. The number of hydrogen-bond acceptors (Lipinski definition) is 7. The van der Waals surface area contributed by atoms with Crippen molar-refractivity contribution in [3.63, 3.8) is 0 Å². The van der Waals surface area contributed by atoms with E-state index in [0.717, 1.165) is 0 Å². The zero-order valence-corrected chi connectivity index (χ0v) is 16.6. The lowest BCUT2D eigenvalue weighted by molar-refractivity contribution is -0.240. The predicted octanol–water partition coefficient (Wildman–Crippen LogP) is 1.63. The van der Waals surface area contributed by atoms with Crippen molar-refractivity contribution in [1.82, 2.24) is 5.32 Å². The number of carbonyl (C=O) groups is 3. The minimum atomic E-state index is -1.99. The van der Waals surface area contributed by atoms with Crippen LogP contribution in [0.4, 0.5) is 4.39 Å². The van der Waals surface area contributed by atoms with Crippen molar-refractivity contribution >= 4 is 17.8 Å². The van der Waals surface area contributed by atoms with E-state index in [9.17, 15) is 19.5 Å². The van der Waals surface area contributed by atoms with Gasteiger partial charge in [-0.3, -0.25) is 4.79 Å². The SMILES string of the molecule is CC(=O)NC1C(O)OC(COC(=O)c2ccccc2)C(F)C1OC(=O)c1ccccc1. The summed E-state index contributed by atoms with van der Waals surface area (Å²) in [5, 5.41) is 12.6. The normalized spacial score (nSPS) is 25.3. The molecule has 0 radical (unpaired) electrons. The van der Waals surface area contributed by atoms with E-state index >= 15 is 4.39 Å². The average molecular weight is 431 g/mol. The van der Waals surface area contributed by atoms with E-state index in [1.165, 1.54) is 31.2 Å². The van der Waals surface area contributed by atoms with Gasteiger partial charge in [-0.05, 0) is 24.3 Å². The Kier molecular flexibility index (Phi) is 7.32. The fourth-order valence-electron chi connectivity index (χ4n) is 3.15. The second kappa shape index (κ2) is 10.1. The molecule has 1 amide bonds. The molecule has 2 aromatic rings. The highest BCUT2D eigenvalue weighted by molar-refractivity contribution is 5.90. The molecule has 0 aromatic heterocycles. The lowest BCUT2D eigenvalue weighted by Crippen LogP contribution is -2.64. The number of benzene rings is 2. The van der Waals surface area contributed by atoms with E-state index in [4.69, 9.17) is 14.2 Å². The molecule has 0 spiro atoms. The third-order valence-corrected chi connectivity index (χ3v) is 4.66. The van der Waals surface area contributed by atoms with Gasteiger partial charge in [0.2, 0.25) is 5.91 Å². The maximum absolute atomic E-state index is 15.3. The van der Waals surface area contributed by atoms with Crippen LogP contribution in [0.15, 0.2) is 60.7 Å². The summed E-state index contributed by atoms with van der Waals surface area (Å²) in [7, 11) is 0. The molecule has 5 atom stereocenters. The second-order valence-corrected chi connectivity index (χ2v) is 6.94.